The highest BCUT2D eigenvalue weighted by molar-refractivity contribution is 14.0. The SMILES string of the molecule is CN=C(NCC1CCOCC1)NC1CC(C)(OC)C1(C)C.I. The quantitative estimate of drug-likeness (QED) is 0.413. The molecular weight excluding hydrogens is 393 g/mol. The summed E-state index contributed by atoms with van der Waals surface area (Å²) in [5, 5.41) is 7.01. The summed E-state index contributed by atoms with van der Waals surface area (Å²) in [7, 11) is 3.64. The molecule has 2 unspecified atom stereocenters. The summed E-state index contributed by atoms with van der Waals surface area (Å²) in [4.78, 5) is 4.36. The Bertz CT molecular complexity index is 384. The Morgan fingerprint density at radius 2 is 1.91 bits per heavy atom. The van der Waals surface area contributed by atoms with Gasteiger partial charge in [0.2, 0.25) is 0 Å². The Morgan fingerprint density at radius 1 is 1.27 bits per heavy atom. The van der Waals surface area contributed by atoms with Gasteiger partial charge in [0, 0.05) is 45.4 Å². The van der Waals surface area contributed by atoms with Crippen molar-refractivity contribution in [1.29, 1.82) is 0 Å². The van der Waals surface area contributed by atoms with Crippen molar-refractivity contribution >= 4 is 29.9 Å². The standard InChI is InChI=1S/C16H31N3O2.HI/c1-15(2)13(10-16(15,3)20-5)19-14(17-4)18-11-12-6-8-21-9-7-12;/h12-13H,6-11H2,1-5H3,(H2,17,18,19);1H. The van der Waals surface area contributed by atoms with E-state index in [1.807, 2.05) is 7.05 Å². The van der Waals surface area contributed by atoms with Crippen molar-refractivity contribution in [3.8, 4) is 0 Å². The molecule has 22 heavy (non-hydrogen) atoms. The number of ether oxygens (including phenoxy) is 2. The van der Waals surface area contributed by atoms with Gasteiger partial charge in [-0.05, 0) is 32.1 Å². The Morgan fingerprint density at radius 3 is 2.41 bits per heavy atom. The first-order chi connectivity index (χ1) is 9.93. The highest BCUT2D eigenvalue weighted by Crippen LogP contribution is 2.51. The number of hydrogen-bond acceptors (Lipinski definition) is 3. The van der Waals surface area contributed by atoms with Crippen molar-refractivity contribution in [3.05, 3.63) is 0 Å². The lowest BCUT2D eigenvalue weighted by molar-refractivity contribution is -0.176. The molecule has 2 aliphatic rings. The normalized spacial score (nSPS) is 31.9. The van der Waals surface area contributed by atoms with E-state index in [0.717, 1.165) is 45.0 Å². The number of aliphatic imine (C=N–C) groups is 1. The monoisotopic (exact) mass is 425 g/mol. The van der Waals surface area contributed by atoms with Gasteiger partial charge >= 0.3 is 0 Å². The van der Waals surface area contributed by atoms with Crippen molar-refractivity contribution in [2.45, 2.75) is 51.7 Å². The number of nitrogens with zero attached hydrogens (tertiary/aromatic N) is 1. The first-order valence-corrected chi connectivity index (χ1v) is 8.03. The third-order valence-corrected chi connectivity index (χ3v) is 5.71. The molecule has 0 radical (unpaired) electrons. The van der Waals surface area contributed by atoms with Gasteiger partial charge in [0.05, 0.1) is 5.60 Å². The molecule has 1 heterocycles. The van der Waals surface area contributed by atoms with Crippen LogP contribution < -0.4 is 10.6 Å². The van der Waals surface area contributed by atoms with Crippen molar-refractivity contribution < 1.29 is 9.47 Å². The second-order valence-electron chi connectivity index (χ2n) is 7.07. The van der Waals surface area contributed by atoms with Gasteiger partial charge in [-0.25, -0.2) is 0 Å². The minimum Gasteiger partial charge on any atom is -0.381 e. The van der Waals surface area contributed by atoms with Crippen LogP contribution in [-0.2, 0) is 9.47 Å². The Balaban J connectivity index is 0.00000242. The summed E-state index contributed by atoms with van der Waals surface area (Å²) < 4.78 is 11.1. The smallest absolute Gasteiger partial charge is 0.191 e. The fraction of sp³-hybridized carbons (Fsp3) is 0.938. The lowest BCUT2D eigenvalue weighted by Gasteiger charge is -2.59. The molecule has 1 saturated heterocycles. The van der Waals surface area contributed by atoms with Crippen molar-refractivity contribution in [2.24, 2.45) is 16.3 Å². The molecule has 2 fully saturated rings. The van der Waals surface area contributed by atoms with Crippen LogP contribution in [0.25, 0.3) is 0 Å². The average Bonchev–Trinajstić information content (AvgIpc) is 2.50. The van der Waals surface area contributed by atoms with E-state index in [4.69, 9.17) is 9.47 Å². The summed E-state index contributed by atoms with van der Waals surface area (Å²) in [5.74, 6) is 1.59. The van der Waals surface area contributed by atoms with Crippen molar-refractivity contribution in [3.63, 3.8) is 0 Å². The van der Waals surface area contributed by atoms with Crippen LogP contribution in [-0.4, -0.2) is 51.5 Å². The second kappa shape index (κ2) is 8.15. The predicted molar refractivity (Wildman–Crippen MR) is 101 cm³/mol. The zero-order valence-corrected chi connectivity index (χ0v) is 16.9. The highest BCUT2D eigenvalue weighted by atomic mass is 127. The topological polar surface area (TPSA) is 54.9 Å². The lowest BCUT2D eigenvalue weighted by atomic mass is 9.56. The molecule has 5 nitrogen and oxygen atoms in total. The summed E-state index contributed by atoms with van der Waals surface area (Å²) >= 11 is 0. The van der Waals surface area contributed by atoms with Crippen LogP contribution in [0.15, 0.2) is 4.99 Å². The number of guanidine groups is 1. The summed E-state index contributed by atoms with van der Waals surface area (Å²) in [5.41, 5.74) is 0.0439. The average molecular weight is 425 g/mol. The van der Waals surface area contributed by atoms with Crippen LogP contribution >= 0.6 is 24.0 Å². The Hall–Kier alpha value is -0.0800. The maximum Gasteiger partial charge on any atom is 0.191 e. The van der Waals surface area contributed by atoms with E-state index in [-0.39, 0.29) is 35.0 Å². The molecule has 6 heteroatoms. The molecule has 1 saturated carbocycles. The fourth-order valence-corrected chi connectivity index (χ4v) is 3.27. The molecule has 1 aliphatic carbocycles. The largest absolute Gasteiger partial charge is 0.381 e. The molecule has 0 aromatic carbocycles. The van der Waals surface area contributed by atoms with E-state index in [0.29, 0.717) is 12.0 Å². The zero-order chi connectivity index (χ0) is 15.5. The highest BCUT2D eigenvalue weighted by Gasteiger charge is 2.58. The van der Waals surface area contributed by atoms with Gasteiger partial charge in [-0.15, -0.1) is 24.0 Å². The zero-order valence-electron chi connectivity index (χ0n) is 14.6. The first kappa shape index (κ1) is 20.0. The molecule has 0 aromatic heterocycles. The number of nitrogens with one attached hydrogen (secondary N) is 2. The van der Waals surface area contributed by atoms with Crippen LogP contribution in [0.4, 0.5) is 0 Å². The molecule has 0 aromatic rings. The minimum atomic E-state index is -0.0514. The number of halogens is 1. The molecule has 130 valence electrons. The summed E-state index contributed by atoms with van der Waals surface area (Å²) in [6.07, 6.45) is 3.29. The number of methoxy groups -OCH3 is 1. The van der Waals surface area contributed by atoms with E-state index in [2.05, 4.69) is 36.4 Å². The molecule has 2 N–H and O–H groups in total. The van der Waals surface area contributed by atoms with Gasteiger partial charge in [0.25, 0.3) is 0 Å². The molecule has 2 rings (SSSR count). The molecule has 0 spiro atoms. The van der Waals surface area contributed by atoms with Crippen LogP contribution in [0.2, 0.25) is 0 Å². The fourth-order valence-electron chi connectivity index (χ4n) is 3.27. The maximum absolute atomic E-state index is 5.68. The van der Waals surface area contributed by atoms with Crippen LogP contribution in [0, 0.1) is 11.3 Å². The van der Waals surface area contributed by atoms with E-state index in [9.17, 15) is 0 Å². The van der Waals surface area contributed by atoms with E-state index in [1.165, 1.54) is 0 Å². The first-order valence-electron chi connectivity index (χ1n) is 8.03. The van der Waals surface area contributed by atoms with Crippen molar-refractivity contribution in [2.75, 3.05) is 33.9 Å². The Labute approximate surface area is 152 Å². The lowest BCUT2D eigenvalue weighted by Crippen LogP contribution is -2.69. The van der Waals surface area contributed by atoms with Crippen LogP contribution in [0.5, 0.6) is 0 Å². The summed E-state index contributed by atoms with van der Waals surface area (Å²) in [6, 6.07) is 0.392. The molecule has 0 amide bonds. The molecule has 0 bridgehead atoms. The van der Waals surface area contributed by atoms with Gasteiger partial charge in [-0.1, -0.05) is 13.8 Å². The summed E-state index contributed by atoms with van der Waals surface area (Å²) in [6.45, 7) is 9.44. The van der Waals surface area contributed by atoms with Crippen LogP contribution in [0.3, 0.4) is 0 Å². The van der Waals surface area contributed by atoms with Crippen LogP contribution in [0.1, 0.15) is 40.0 Å². The molecular formula is C16H32IN3O2. The second-order valence-corrected chi connectivity index (χ2v) is 7.07. The molecule has 2 atom stereocenters. The van der Waals surface area contributed by atoms with Gasteiger partial charge in [0.1, 0.15) is 0 Å². The van der Waals surface area contributed by atoms with Gasteiger partial charge in [-0.3, -0.25) is 4.99 Å². The third kappa shape index (κ3) is 4.06. The predicted octanol–water partition coefficient (Wildman–Crippen LogP) is 2.40. The number of hydrogen-bond donors (Lipinski definition) is 2. The van der Waals surface area contributed by atoms with E-state index < -0.39 is 0 Å². The molecule has 1 aliphatic heterocycles. The number of rotatable bonds is 4. The Kier molecular flexibility index (Phi) is 7.39. The van der Waals surface area contributed by atoms with Gasteiger partial charge in [-0.2, -0.15) is 0 Å². The van der Waals surface area contributed by atoms with Gasteiger partial charge in [0.15, 0.2) is 5.96 Å². The maximum atomic E-state index is 5.68. The van der Waals surface area contributed by atoms with E-state index in [1.54, 1.807) is 7.11 Å². The third-order valence-electron chi connectivity index (χ3n) is 5.71. The van der Waals surface area contributed by atoms with Gasteiger partial charge < -0.3 is 20.1 Å². The van der Waals surface area contributed by atoms with E-state index >= 15 is 0 Å². The van der Waals surface area contributed by atoms with Crippen molar-refractivity contribution in [1.82, 2.24) is 10.6 Å². The minimum absolute atomic E-state index is 0.